The second kappa shape index (κ2) is 5.10. The van der Waals surface area contributed by atoms with Crippen LogP contribution in [0.3, 0.4) is 0 Å². The van der Waals surface area contributed by atoms with Crippen molar-refractivity contribution < 1.29 is 0 Å². The summed E-state index contributed by atoms with van der Waals surface area (Å²) in [5, 5.41) is 3.80. The molecule has 2 heteroatoms. The van der Waals surface area contributed by atoms with Crippen molar-refractivity contribution in [2.24, 2.45) is 5.92 Å². The van der Waals surface area contributed by atoms with E-state index in [4.69, 9.17) is 0 Å². The SMILES string of the molecule is C=CCN1CC(C)(c2ccccc2)NCC1C1CC1. The molecule has 2 aliphatic rings. The highest BCUT2D eigenvalue weighted by Gasteiger charge is 2.42. The van der Waals surface area contributed by atoms with E-state index < -0.39 is 0 Å². The van der Waals surface area contributed by atoms with Crippen molar-refractivity contribution in [3.63, 3.8) is 0 Å². The molecule has 1 aliphatic heterocycles. The summed E-state index contributed by atoms with van der Waals surface area (Å²) in [5.74, 6) is 0.910. The molecule has 0 radical (unpaired) electrons. The van der Waals surface area contributed by atoms with E-state index >= 15 is 0 Å². The Morgan fingerprint density at radius 3 is 2.74 bits per heavy atom. The summed E-state index contributed by atoms with van der Waals surface area (Å²) in [5.41, 5.74) is 1.45. The molecule has 0 amide bonds. The Morgan fingerprint density at radius 1 is 1.37 bits per heavy atom. The van der Waals surface area contributed by atoms with Gasteiger partial charge < -0.3 is 5.32 Å². The normalized spacial score (nSPS) is 32.2. The van der Waals surface area contributed by atoms with Gasteiger partial charge in [0.05, 0.1) is 5.54 Å². The van der Waals surface area contributed by atoms with Gasteiger partial charge >= 0.3 is 0 Å². The maximum atomic E-state index is 3.93. The third kappa shape index (κ3) is 2.60. The van der Waals surface area contributed by atoms with Crippen molar-refractivity contribution in [1.82, 2.24) is 10.2 Å². The lowest BCUT2D eigenvalue weighted by Crippen LogP contribution is -2.61. The van der Waals surface area contributed by atoms with E-state index in [2.05, 4.69) is 54.1 Å². The van der Waals surface area contributed by atoms with Crippen molar-refractivity contribution in [1.29, 1.82) is 0 Å². The quantitative estimate of drug-likeness (QED) is 0.833. The largest absolute Gasteiger partial charge is 0.305 e. The van der Waals surface area contributed by atoms with E-state index in [-0.39, 0.29) is 5.54 Å². The molecule has 0 spiro atoms. The number of hydrogen-bond donors (Lipinski definition) is 1. The van der Waals surface area contributed by atoms with Crippen LogP contribution in [0.15, 0.2) is 43.0 Å². The summed E-state index contributed by atoms with van der Waals surface area (Å²) >= 11 is 0. The van der Waals surface area contributed by atoms with Crippen LogP contribution in [0.1, 0.15) is 25.3 Å². The Morgan fingerprint density at radius 2 is 2.11 bits per heavy atom. The Hall–Kier alpha value is -1.12. The first-order chi connectivity index (χ1) is 9.23. The fourth-order valence-corrected chi connectivity index (χ4v) is 3.35. The third-order valence-electron chi connectivity index (χ3n) is 4.63. The van der Waals surface area contributed by atoms with Crippen LogP contribution >= 0.6 is 0 Å². The Labute approximate surface area is 116 Å². The zero-order valence-electron chi connectivity index (χ0n) is 11.8. The predicted molar refractivity (Wildman–Crippen MR) is 80.1 cm³/mol. The lowest BCUT2D eigenvalue weighted by atomic mass is 9.87. The van der Waals surface area contributed by atoms with Gasteiger partial charge in [-0.15, -0.1) is 6.58 Å². The standard InChI is InChI=1S/C17H24N2/c1-3-11-19-13-17(2,15-7-5-4-6-8-15)18-12-16(19)14-9-10-14/h3-8,14,16,18H,1,9-13H2,2H3. The van der Waals surface area contributed by atoms with Gasteiger partial charge in [-0.05, 0) is 31.2 Å². The van der Waals surface area contributed by atoms with Gasteiger partial charge in [0.15, 0.2) is 0 Å². The van der Waals surface area contributed by atoms with E-state index in [1.807, 2.05) is 6.08 Å². The molecule has 1 N–H and O–H groups in total. The Bertz CT molecular complexity index is 438. The molecule has 19 heavy (non-hydrogen) atoms. The van der Waals surface area contributed by atoms with Crippen molar-refractivity contribution in [3.05, 3.63) is 48.6 Å². The zero-order valence-corrected chi connectivity index (χ0v) is 11.8. The van der Waals surface area contributed by atoms with E-state index in [0.29, 0.717) is 6.04 Å². The first-order valence-corrected chi connectivity index (χ1v) is 7.38. The first kappa shape index (κ1) is 12.9. The van der Waals surface area contributed by atoms with Gasteiger partial charge in [0, 0.05) is 25.7 Å². The van der Waals surface area contributed by atoms with Crippen molar-refractivity contribution in [3.8, 4) is 0 Å². The lowest BCUT2D eigenvalue weighted by Gasteiger charge is -2.46. The van der Waals surface area contributed by atoms with Crippen LogP contribution in [-0.2, 0) is 5.54 Å². The van der Waals surface area contributed by atoms with Gasteiger partial charge in [-0.1, -0.05) is 36.4 Å². The summed E-state index contributed by atoms with van der Waals surface area (Å²) in [4.78, 5) is 2.62. The fraction of sp³-hybridized carbons (Fsp3) is 0.529. The van der Waals surface area contributed by atoms with E-state index in [0.717, 1.165) is 25.6 Å². The maximum Gasteiger partial charge on any atom is 0.0535 e. The van der Waals surface area contributed by atoms with Crippen LogP contribution in [0.25, 0.3) is 0 Å². The van der Waals surface area contributed by atoms with E-state index in [9.17, 15) is 0 Å². The molecular formula is C17H24N2. The minimum atomic E-state index is 0.0651. The number of nitrogens with zero attached hydrogens (tertiary/aromatic N) is 1. The topological polar surface area (TPSA) is 15.3 Å². The second-order valence-electron chi connectivity index (χ2n) is 6.20. The molecule has 0 aromatic heterocycles. The molecule has 102 valence electrons. The van der Waals surface area contributed by atoms with Crippen molar-refractivity contribution in [2.45, 2.75) is 31.3 Å². The summed E-state index contributed by atoms with van der Waals surface area (Å²) in [6.45, 7) is 9.43. The van der Waals surface area contributed by atoms with Crippen LogP contribution < -0.4 is 5.32 Å². The molecule has 1 aromatic carbocycles. The molecule has 1 aliphatic carbocycles. The molecule has 1 heterocycles. The average molecular weight is 256 g/mol. The van der Waals surface area contributed by atoms with Gasteiger partial charge in [0.25, 0.3) is 0 Å². The number of piperazine rings is 1. The predicted octanol–water partition coefficient (Wildman–Crippen LogP) is 2.77. The zero-order chi connectivity index (χ0) is 13.3. The minimum absolute atomic E-state index is 0.0651. The molecule has 1 saturated heterocycles. The summed E-state index contributed by atoms with van der Waals surface area (Å²) in [6.07, 6.45) is 4.86. The first-order valence-electron chi connectivity index (χ1n) is 7.38. The molecular weight excluding hydrogens is 232 g/mol. The van der Waals surface area contributed by atoms with Gasteiger partial charge in [-0.2, -0.15) is 0 Å². The summed E-state index contributed by atoms with van der Waals surface area (Å²) < 4.78 is 0. The molecule has 2 unspecified atom stereocenters. The van der Waals surface area contributed by atoms with Crippen LogP contribution in [0, 0.1) is 5.92 Å². The van der Waals surface area contributed by atoms with Crippen LogP contribution in [-0.4, -0.2) is 30.6 Å². The number of rotatable bonds is 4. The average Bonchev–Trinajstić information content (AvgIpc) is 3.25. The minimum Gasteiger partial charge on any atom is -0.305 e. The Kier molecular flexibility index (Phi) is 3.46. The van der Waals surface area contributed by atoms with Crippen LogP contribution in [0.4, 0.5) is 0 Å². The molecule has 3 rings (SSSR count). The van der Waals surface area contributed by atoms with Crippen LogP contribution in [0.2, 0.25) is 0 Å². The fourth-order valence-electron chi connectivity index (χ4n) is 3.35. The van der Waals surface area contributed by atoms with Crippen molar-refractivity contribution in [2.75, 3.05) is 19.6 Å². The molecule has 2 fully saturated rings. The number of benzene rings is 1. The van der Waals surface area contributed by atoms with Crippen molar-refractivity contribution >= 4 is 0 Å². The monoisotopic (exact) mass is 256 g/mol. The number of hydrogen-bond acceptors (Lipinski definition) is 2. The molecule has 1 saturated carbocycles. The maximum absolute atomic E-state index is 3.93. The highest BCUT2D eigenvalue weighted by atomic mass is 15.3. The molecule has 0 bridgehead atoms. The van der Waals surface area contributed by atoms with E-state index in [1.54, 1.807) is 0 Å². The summed E-state index contributed by atoms with van der Waals surface area (Å²) in [6, 6.07) is 11.5. The lowest BCUT2D eigenvalue weighted by molar-refractivity contribution is 0.0849. The Balaban J connectivity index is 1.79. The van der Waals surface area contributed by atoms with E-state index in [1.165, 1.54) is 18.4 Å². The van der Waals surface area contributed by atoms with Gasteiger partial charge in [-0.3, -0.25) is 4.90 Å². The smallest absolute Gasteiger partial charge is 0.0535 e. The second-order valence-corrected chi connectivity index (χ2v) is 6.20. The number of nitrogens with one attached hydrogen (secondary N) is 1. The molecule has 1 aromatic rings. The highest BCUT2D eigenvalue weighted by molar-refractivity contribution is 5.25. The van der Waals surface area contributed by atoms with Gasteiger partial charge in [-0.25, -0.2) is 0 Å². The summed E-state index contributed by atoms with van der Waals surface area (Å²) in [7, 11) is 0. The van der Waals surface area contributed by atoms with Gasteiger partial charge in [0.2, 0.25) is 0 Å². The van der Waals surface area contributed by atoms with Gasteiger partial charge in [0.1, 0.15) is 0 Å². The molecule has 2 atom stereocenters. The van der Waals surface area contributed by atoms with Crippen LogP contribution in [0.5, 0.6) is 0 Å². The third-order valence-corrected chi connectivity index (χ3v) is 4.63. The highest BCUT2D eigenvalue weighted by Crippen LogP contribution is 2.38. The molecule has 2 nitrogen and oxygen atoms in total.